The molecule has 2 aromatic heterocycles. The summed E-state index contributed by atoms with van der Waals surface area (Å²) in [7, 11) is -3.66. The lowest BCUT2D eigenvalue weighted by atomic mass is 10.1. The molecule has 0 fully saturated rings. The number of pyridine rings is 1. The largest absolute Gasteiger partial charge is 0.279 e. The van der Waals surface area contributed by atoms with Gasteiger partial charge in [0.15, 0.2) is 0 Å². The smallest absolute Gasteiger partial charge is 0.261 e. The first-order valence-corrected chi connectivity index (χ1v) is 10.6. The molecule has 5 nitrogen and oxygen atoms in total. The van der Waals surface area contributed by atoms with Gasteiger partial charge in [-0.25, -0.2) is 18.4 Å². The van der Waals surface area contributed by atoms with Gasteiger partial charge in [0.2, 0.25) is 0 Å². The van der Waals surface area contributed by atoms with Crippen molar-refractivity contribution in [1.29, 1.82) is 0 Å². The first-order chi connectivity index (χ1) is 12.9. The van der Waals surface area contributed by atoms with Gasteiger partial charge in [-0.15, -0.1) is 0 Å². The van der Waals surface area contributed by atoms with Gasteiger partial charge in [0.25, 0.3) is 10.0 Å². The normalized spacial score (nSPS) is 11.6. The molecule has 4 aromatic rings. The van der Waals surface area contributed by atoms with Gasteiger partial charge < -0.3 is 0 Å². The van der Waals surface area contributed by atoms with Crippen LogP contribution in [0, 0.1) is 13.8 Å². The highest BCUT2D eigenvalue weighted by Crippen LogP contribution is 2.32. The van der Waals surface area contributed by atoms with Crippen LogP contribution < -0.4 is 4.72 Å². The number of hydrogen-bond donors (Lipinski definition) is 1. The zero-order valence-corrected chi connectivity index (χ0v) is 16.4. The molecule has 0 aliphatic rings. The molecule has 4 rings (SSSR count). The number of fused-ring (bicyclic) bond motifs is 1. The molecule has 0 saturated carbocycles. The minimum atomic E-state index is -3.66. The minimum absolute atomic E-state index is 0.247. The molecule has 0 bridgehead atoms. The Kier molecular flexibility index (Phi) is 4.41. The minimum Gasteiger partial charge on any atom is -0.279 e. The number of nitrogens with one attached hydrogen (secondary N) is 1. The highest BCUT2D eigenvalue weighted by Gasteiger charge is 2.16. The second-order valence-electron chi connectivity index (χ2n) is 6.30. The summed E-state index contributed by atoms with van der Waals surface area (Å²) >= 11 is 1.48. The number of benzene rings is 2. The summed E-state index contributed by atoms with van der Waals surface area (Å²) in [5.41, 5.74) is 3.96. The molecule has 1 N–H and O–H groups in total. The van der Waals surface area contributed by atoms with Crippen LogP contribution in [-0.2, 0) is 10.0 Å². The Morgan fingerprint density at radius 1 is 1.00 bits per heavy atom. The third kappa shape index (κ3) is 3.56. The summed E-state index contributed by atoms with van der Waals surface area (Å²) in [5, 5.41) is 0.805. The van der Waals surface area contributed by atoms with Crippen LogP contribution in [0.25, 0.3) is 20.9 Å². The first-order valence-electron chi connectivity index (χ1n) is 8.34. The van der Waals surface area contributed by atoms with Crippen molar-refractivity contribution in [1.82, 2.24) is 9.97 Å². The van der Waals surface area contributed by atoms with Crippen LogP contribution >= 0.6 is 11.3 Å². The average molecular weight is 396 g/mol. The van der Waals surface area contributed by atoms with Gasteiger partial charge >= 0.3 is 0 Å². The van der Waals surface area contributed by atoms with Crippen molar-refractivity contribution in [3.8, 4) is 10.6 Å². The monoisotopic (exact) mass is 395 g/mol. The fourth-order valence-electron chi connectivity index (χ4n) is 2.74. The van der Waals surface area contributed by atoms with Crippen LogP contribution in [-0.4, -0.2) is 18.4 Å². The Morgan fingerprint density at radius 3 is 2.63 bits per heavy atom. The molecule has 0 spiro atoms. The van der Waals surface area contributed by atoms with Crippen LogP contribution in [0.5, 0.6) is 0 Å². The topological polar surface area (TPSA) is 72.0 Å². The quantitative estimate of drug-likeness (QED) is 0.540. The predicted octanol–water partition coefficient (Wildman–Crippen LogP) is 4.78. The Balaban J connectivity index is 1.72. The zero-order valence-electron chi connectivity index (χ0n) is 14.8. The van der Waals surface area contributed by atoms with E-state index in [0.29, 0.717) is 5.69 Å². The van der Waals surface area contributed by atoms with Gasteiger partial charge in [0.05, 0.1) is 10.6 Å². The molecular formula is C20H17N3O2S2. The Hall–Kier alpha value is -2.77. The number of aryl methyl sites for hydroxylation is 2. The van der Waals surface area contributed by atoms with Gasteiger partial charge in [-0.3, -0.25) is 4.72 Å². The average Bonchev–Trinajstić information content (AvgIpc) is 3.07. The van der Waals surface area contributed by atoms with Crippen LogP contribution in [0.15, 0.2) is 65.7 Å². The fraction of sp³-hybridized carbons (Fsp3) is 0.100. The summed E-state index contributed by atoms with van der Waals surface area (Å²) in [4.78, 5) is 10.0. The summed E-state index contributed by atoms with van der Waals surface area (Å²) in [6.07, 6.45) is 1.74. The highest BCUT2D eigenvalue weighted by atomic mass is 32.2. The van der Waals surface area contributed by atoms with Gasteiger partial charge in [0, 0.05) is 11.8 Å². The molecule has 0 unspecified atom stereocenters. The molecule has 0 atom stereocenters. The molecular weight excluding hydrogens is 378 g/mol. The summed E-state index contributed by atoms with van der Waals surface area (Å²) < 4.78 is 28.2. The maximum Gasteiger partial charge on any atom is 0.261 e. The van der Waals surface area contributed by atoms with E-state index in [1.165, 1.54) is 11.3 Å². The first kappa shape index (κ1) is 17.6. The molecule has 0 aliphatic carbocycles. The summed E-state index contributed by atoms with van der Waals surface area (Å²) in [6.45, 7) is 3.74. The Labute approximate surface area is 161 Å². The third-order valence-electron chi connectivity index (χ3n) is 4.20. The Morgan fingerprint density at radius 2 is 1.85 bits per heavy atom. The number of hydrogen-bond acceptors (Lipinski definition) is 5. The van der Waals surface area contributed by atoms with Crippen molar-refractivity contribution in [3.63, 3.8) is 0 Å². The lowest BCUT2D eigenvalue weighted by Gasteiger charge is -2.12. The zero-order chi connectivity index (χ0) is 19.0. The van der Waals surface area contributed by atoms with Gasteiger partial charge in [-0.2, -0.15) is 0 Å². The van der Waals surface area contributed by atoms with Crippen molar-refractivity contribution in [2.75, 3.05) is 4.72 Å². The van der Waals surface area contributed by atoms with E-state index in [0.717, 1.165) is 32.0 Å². The maximum atomic E-state index is 12.8. The number of thiazole rings is 1. The molecule has 0 radical (unpaired) electrons. The molecule has 136 valence electrons. The number of rotatable bonds is 4. The van der Waals surface area contributed by atoms with Crippen LogP contribution in [0.2, 0.25) is 0 Å². The third-order valence-corrected chi connectivity index (χ3v) is 6.59. The van der Waals surface area contributed by atoms with E-state index >= 15 is 0 Å². The predicted molar refractivity (Wildman–Crippen MR) is 110 cm³/mol. The number of aromatic nitrogens is 2. The lowest BCUT2D eigenvalue weighted by Crippen LogP contribution is -2.14. The molecule has 27 heavy (non-hydrogen) atoms. The number of nitrogens with zero attached hydrogens (tertiary/aromatic N) is 2. The van der Waals surface area contributed by atoms with Crippen molar-refractivity contribution in [2.45, 2.75) is 18.7 Å². The fourth-order valence-corrected chi connectivity index (χ4v) is 4.87. The van der Waals surface area contributed by atoms with Crippen molar-refractivity contribution in [2.24, 2.45) is 0 Å². The molecule has 0 saturated heterocycles. The SMILES string of the molecule is Cc1cccc(S(=O)(=O)Nc2cc(-c3nc4cccnc4s3)ccc2C)c1. The maximum absolute atomic E-state index is 12.8. The second-order valence-corrected chi connectivity index (χ2v) is 8.96. The van der Waals surface area contributed by atoms with Gasteiger partial charge in [-0.1, -0.05) is 35.6 Å². The lowest BCUT2D eigenvalue weighted by molar-refractivity contribution is 0.601. The van der Waals surface area contributed by atoms with E-state index in [2.05, 4.69) is 14.7 Å². The van der Waals surface area contributed by atoms with E-state index < -0.39 is 10.0 Å². The molecule has 2 aromatic carbocycles. The molecule has 2 heterocycles. The van der Waals surface area contributed by atoms with E-state index in [9.17, 15) is 8.42 Å². The molecule has 7 heteroatoms. The van der Waals surface area contributed by atoms with Gasteiger partial charge in [-0.05, 0) is 55.3 Å². The van der Waals surface area contributed by atoms with Crippen LogP contribution in [0.4, 0.5) is 5.69 Å². The van der Waals surface area contributed by atoms with Crippen molar-refractivity contribution in [3.05, 3.63) is 71.9 Å². The van der Waals surface area contributed by atoms with E-state index in [-0.39, 0.29) is 4.90 Å². The number of anilines is 1. The van der Waals surface area contributed by atoms with Gasteiger partial charge in [0.1, 0.15) is 15.4 Å². The summed E-state index contributed by atoms with van der Waals surface area (Å²) in [5.74, 6) is 0. The van der Waals surface area contributed by atoms with E-state index in [4.69, 9.17) is 0 Å². The van der Waals surface area contributed by atoms with Crippen molar-refractivity contribution >= 4 is 37.4 Å². The Bertz CT molecular complexity index is 1210. The van der Waals surface area contributed by atoms with Crippen LogP contribution in [0.3, 0.4) is 0 Å². The highest BCUT2D eigenvalue weighted by molar-refractivity contribution is 7.92. The summed E-state index contributed by atoms with van der Waals surface area (Å²) in [6, 6.07) is 16.3. The van der Waals surface area contributed by atoms with Crippen molar-refractivity contribution < 1.29 is 8.42 Å². The van der Waals surface area contributed by atoms with Crippen LogP contribution in [0.1, 0.15) is 11.1 Å². The standard InChI is InChI=1S/C20H17N3O2S2/c1-13-5-3-6-16(11-13)27(24,25)23-18-12-15(9-8-14(18)2)19-22-17-7-4-10-21-20(17)26-19/h3-12,23H,1-2H3. The molecule has 0 aliphatic heterocycles. The molecule has 0 amide bonds. The second kappa shape index (κ2) is 6.75. The van der Waals surface area contributed by atoms with E-state index in [1.54, 1.807) is 24.4 Å². The van der Waals surface area contributed by atoms with E-state index in [1.807, 2.05) is 50.2 Å². The number of sulfonamides is 1.